The van der Waals surface area contributed by atoms with Crippen molar-refractivity contribution in [2.24, 2.45) is 5.73 Å². The number of nitrogens with two attached hydrogens (primary N) is 1. The molecule has 82 valence electrons. The summed E-state index contributed by atoms with van der Waals surface area (Å²) in [6, 6.07) is 1.88. The highest BCUT2D eigenvalue weighted by atomic mass is 79.9. The Morgan fingerprint density at radius 2 is 2.07 bits per heavy atom. The van der Waals surface area contributed by atoms with Crippen LogP contribution in [0.4, 0.5) is 0 Å². The molecule has 0 aromatic heterocycles. The Bertz CT molecular complexity index is 391. The molecule has 1 aliphatic heterocycles. The van der Waals surface area contributed by atoms with Crippen molar-refractivity contribution in [1.29, 1.82) is 0 Å². The van der Waals surface area contributed by atoms with Crippen LogP contribution in [-0.4, -0.2) is 13.2 Å². The molecule has 0 saturated heterocycles. The summed E-state index contributed by atoms with van der Waals surface area (Å²) in [5.74, 6) is 1.59. The van der Waals surface area contributed by atoms with Gasteiger partial charge in [-0.1, -0.05) is 15.9 Å². The van der Waals surface area contributed by atoms with Crippen molar-refractivity contribution >= 4 is 15.9 Å². The summed E-state index contributed by atoms with van der Waals surface area (Å²) in [4.78, 5) is 0. The number of halogens is 1. The minimum Gasteiger partial charge on any atom is -0.486 e. The standard InChI is InChI=1S/C11H14BrNO2/c1-6-8(12)5-9-11(10(6)7(2)13)15-4-3-14-9/h5,7H,3-4,13H2,1-2H3. The lowest BCUT2D eigenvalue weighted by molar-refractivity contribution is 0.169. The lowest BCUT2D eigenvalue weighted by Crippen LogP contribution is -2.19. The average molecular weight is 272 g/mol. The highest BCUT2D eigenvalue weighted by Gasteiger charge is 2.22. The van der Waals surface area contributed by atoms with Crippen molar-refractivity contribution in [1.82, 2.24) is 0 Å². The number of hydrogen-bond donors (Lipinski definition) is 1. The van der Waals surface area contributed by atoms with Crippen molar-refractivity contribution in [3.8, 4) is 11.5 Å². The van der Waals surface area contributed by atoms with Crippen LogP contribution in [0.1, 0.15) is 24.1 Å². The second kappa shape index (κ2) is 4.02. The number of fused-ring (bicyclic) bond motifs is 1. The normalized spacial score (nSPS) is 16.3. The molecule has 0 radical (unpaired) electrons. The van der Waals surface area contributed by atoms with Crippen LogP contribution in [0.2, 0.25) is 0 Å². The Labute approximate surface area is 97.7 Å². The molecule has 0 fully saturated rings. The molecule has 2 rings (SSSR count). The summed E-state index contributed by atoms with van der Waals surface area (Å²) >= 11 is 3.50. The minimum absolute atomic E-state index is 0.0575. The summed E-state index contributed by atoms with van der Waals surface area (Å²) < 4.78 is 12.2. The Morgan fingerprint density at radius 1 is 1.40 bits per heavy atom. The van der Waals surface area contributed by atoms with Gasteiger partial charge in [-0.05, 0) is 25.5 Å². The van der Waals surface area contributed by atoms with Gasteiger partial charge in [0, 0.05) is 16.1 Å². The highest BCUT2D eigenvalue weighted by Crippen LogP contribution is 2.41. The predicted molar refractivity (Wildman–Crippen MR) is 62.5 cm³/mol. The molecular formula is C11H14BrNO2. The smallest absolute Gasteiger partial charge is 0.166 e. The number of hydrogen-bond acceptors (Lipinski definition) is 3. The van der Waals surface area contributed by atoms with Gasteiger partial charge in [0.1, 0.15) is 13.2 Å². The van der Waals surface area contributed by atoms with E-state index in [1.54, 1.807) is 0 Å². The first kappa shape index (κ1) is 10.8. The third-order valence-corrected chi connectivity index (χ3v) is 3.35. The van der Waals surface area contributed by atoms with Gasteiger partial charge in [0.25, 0.3) is 0 Å². The largest absolute Gasteiger partial charge is 0.486 e. The molecule has 1 aliphatic rings. The van der Waals surface area contributed by atoms with Crippen molar-refractivity contribution in [3.63, 3.8) is 0 Å². The SMILES string of the molecule is Cc1c(Br)cc2c(c1C(C)N)OCCO2. The van der Waals surface area contributed by atoms with E-state index in [9.17, 15) is 0 Å². The fourth-order valence-corrected chi connectivity index (χ4v) is 2.24. The first-order valence-electron chi connectivity index (χ1n) is 4.95. The van der Waals surface area contributed by atoms with Crippen LogP contribution in [0, 0.1) is 6.92 Å². The van der Waals surface area contributed by atoms with Gasteiger partial charge in [-0.3, -0.25) is 0 Å². The van der Waals surface area contributed by atoms with Gasteiger partial charge >= 0.3 is 0 Å². The fraction of sp³-hybridized carbons (Fsp3) is 0.455. The monoisotopic (exact) mass is 271 g/mol. The first-order valence-corrected chi connectivity index (χ1v) is 5.74. The zero-order valence-corrected chi connectivity index (χ0v) is 10.4. The van der Waals surface area contributed by atoms with Crippen molar-refractivity contribution in [2.45, 2.75) is 19.9 Å². The van der Waals surface area contributed by atoms with E-state index < -0.39 is 0 Å². The van der Waals surface area contributed by atoms with Crippen LogP contribution < -0.4 is 15.2 Å². The maximum absolute atomic E-state index is 5.95. The molecule has 4 heteroatoms. The summed E-state index contributed by atoms with van der Waals surface area (Å²) in [5, 5.41) is 0. The van der Waals surface area contributed by atoms with E-state index in [1.807, 2.05) is 19.9 Å². The van der Waals surface area contributed by atoms with E-state index in [-0.39, 0.29) is 6.04 Å². The van der Waals surface area contributed by atoms with Gasteiger partial charge in [-0.25, -0.2) is 0 Å². The Balaban J connectivity index is 2.63. The molecule has 0 aliphatic carbocycles. The van der Waals surface area contributed by atoms with Crippen LogP contribution in [0.15, 0.2) is 10.5 Å². The molecule has 1 atom stereocenters. The van der Waals surface area contributed by atoms with Gasteiger partial charge in [0.2, 0.25) is 0 Å². The van der Waals surface area contributed by atoms with Gasteiger partial charge in [0.05, 0.1) is 0 Å². The van der Waals surface area contributed by atoms with Gasteiger partial charge in [-0.2, -0.15) is 0 Å². The van der Waals surface area contributed by atoms with Gasteiger partial charge in [-0.15, -0.1) is 0 Å². The van der Waals surface area contributed by atoms with E-state index in [2.05, 4.69) is 15.9 Å². The summed E-state index contributed by atoms with van der Waals surface area (Å²) in [7, 11) is 0. The van der Waals surface area contributed by atoms with Crippen LogP contribution in [0.5, 0.6) is 11.5 Å². The van der Waals surface area contributed by atoms with Crippen LogP contribution in [0.3, 0.4) is 0 Å². The number of benzene rings is 1. The minimum atomic E-state index is -0.0575. The molecule has 1 aromatic rings. The Morgan fingerprint density at radius 3 is 2.73 bits per heavy atom. The quantitative estimate of drug-likeness (QED) is 0.854. The lowest BCUT2D eigenvalue weighted by Gasteiger charge is -2.24. The molecule has 3 nitrogen and oxygen atoms in total. The summed E-state index contributed by atoms with van der Waals surface area (Å²) in [6.07, 6.45) is 0. The molecule has 15 heavy (non-hydrogen) atoms. The molecule has 0 bridgehead atoms. The summed E-state index contributed by atoms with van der Waals surface area (Å²) in [5.41, 5.74) is 8.10. The van der Waals surface area contributed by atoms with E-state index >= 15 is 0 Å². The molecule has 2 N–H and O–H groups in total. The molecule has 1 unspecified atom stereocenters. The molecule has 0 spiro atoms. The van der Waals surface area contributed by atoms with Crippen LogP contribution >= 0.6 is 15.9 Å². The van der Waals surface area contributed by atoms with Crippen molar-refractivity contribution < 1.29 is 9.47 Å². The molecule has 1 heterocycles. The van der Waals surface area contributed by atoms with Crippen molar-refractivity contribution in [3.05, 3.63) is 21.7 Å². The van der Waals surface area contributed by atoms with E-state index in [4.69, 9.17) is 15.2 Å². The number of ether oxygens (including phenoxy) is 2. The van der Waals surface area contributed by atoms with E-state index in [1.165, 1.54) is 0 Å². The average Bonchev–Trinajstić information content (AvgIpc) is 2.19. The first-order chi connectivity index (χ1) is 7.11. The second-order valence-corrected chi connectivity index (χ2v) is 4.56. The Hall–Kier alpha value is -0.740. The maximum Gasteiger partial charge on any atom is 0.166 e. The Kier molecular flexibility index (Phi) is 2.89. The third kappa shape index (κ3) is 1.84. The molecule has 0 saturated carbocycles. The van der Waals surface area contributed by atoms with E-state index in [0.717, 1.165) is 27.1 Å². The van der Waals surface area contributed by atoms with Gasteiger partial charge in [0.15, 0.2) is 11.5 Å². The topological polar surface area (TPSA) is 44.5 Å². The fourth-order valence-electron chi connectivity index (χ4n) is 1.82. The molecule has 1 aromatic carbocycles. The van der Waals surface area contributed by atoms with Crippen molar-refractivity contribution in [2.75, 3.05) is 13.2 Å². The molecule has 0 amide bonds. The van der Waals surface area contributed by atoms with Gasteiger partial charge < -0.3 is 15.2 Å². The lowest BCUT2D eigenvalue weighted by atomic mass is 10.0. The zero-order valence-electron chi connectivity index (χ0n) is 8.84. The van der Waals surface area contributed by atoms with Crippen LogP contribution in [-0.2, 0) is 0 Å². The highest BCUT2D eigenvalue weighted by molar-refractivity contribution is 9.10. The second-order valence-electron chi connectivity index (χ2n) is 3.71. The van der Waals surface area contributed by atoms with Crippen LogP contribution in [0.25, 0.3) is 0 Å². The maximum atomic E-state index is 5.95. The predicted octanol–water partition coefficient (Wildman–Crippen LogP) is 2.55. The van der Waals surface area contributed by atoms with E-state index in [0.29, 0.717) is 13.2 Å². The number of rotatable bonds is 1. The summed E-state index contributed by atoms with van der Waals surface area (Å²) in [6.45, 7) is 5.17. The molecular weight excluding hydrogens is 258 g/mol. The third-order valence-electron chi connectivity index (χ3n) is 2.53. The zero-order chi connectivity index (χ0) is 11.0.